The van der Waals surface area contributed by atoms with Crippen LogP contribution in [0.3, 0.4) is 0 Å². The fraction of sp³-hybridized carbons (Fsp3) is 0.217. The van der Waals surface area contributed by atoms with E-state index in [0.717, 1.165) is 42.9 Å². The maximum atomic E-state index is 13.3. The molecular formula is C23H22FN3O. The van der Waals surface area contributed by atoms with Gasteiger partial charge in [0.2, 0.25) is 0 Å². The zero-order valence-electron chi connectivity index (χ0n) is 15.6. The Morgan fingerprint density at radius 3 is 2.71 bits per heavy atom. The van der Waals surface area contributed by atoms with Crippen LogP contribution in [-0.2, 0) is 19.5 Å². The van der Waals surface area contributed by atoms with Crippen LogP contribution in [0.15, 0.2) is 66.9 Å². The van der Waals surface area contributed by atoms with Crippen molar-refractivity contribution >= 4 is 11.6 Å². The second-order valence-electron chi connectivity index (χ2n) is 7.01. The summed E-state index contributed by atoms with van der Waals surface area (Å²) < 4.78 is 13.3. The first kappa shape index (κ1) is 18.2. The number of anilines is 1. The zero-order chi connectivity index (χ0) is 19.3. The van der Waals surface area contributed by atoms with E-state index < -0.39 is 0 Å². The molecule has 0 saturated carbocycles. The van der Waals surface area contributed by atoms with Gasteiger partial charge in [0.15, 0.2) is 0 Å². The number of hydrogen-bond donors (Lipinski definition) is 1. The van der Waals surface area contributed by atoms with Crippen LogP contribution in [-0.4, -0.2) is 17.4 Å². The van der Waals surface area contributed by atoms with Gasteiger partial charge in [-0.05, 0) is 42.2 Å². The van der Waals surface area contributed by atoms with Crippen molar-refractivity contribution in [1.82, 2.24) is 10.3 Å². The van der Waals surface area contributed by atoms with Crippen molar-refractivity contribution in [3.8, 4) is 0 Å². The van der Waals surface area contributed by atoms with Gasteiger partial charge in [0, 0.05) is 25.8 Å². The Hall–Kier alpha value is -3.21. The molecule has 5 heteroatoms. The maximum absolute atomic E-state index is 13.3. The smallest absolute Gasteiger partial charge is 0.253 e. The molecule has 0 atom stereocenters. The number of benzene rings is 2. The number of carbonyl (C=O) groups is 1. The van der Waals surface area contributed by atoms with Crippen molar-refractivity contribution in [1.29, 1.82) is 0 Å². The molecule has 1 aliphatic rings. The summed E-state index contributed by atoms with van der Waals surface area (Å²) in [5.74, 6) is -0.511. The van der Waals surface area contributed by atoms with Crippen LogP contribution in [0.4, 0.5) is 10.1 Å². The van der Waals surface area contributed by atoms with Crippen molar-refractivity contribution in [2.75, 3.05) is 11.4 Å². The van der Waals surface area contributed by atoms with Crippen molar-refractivity contribution in [2.45, 2.75) is 25.9 Å². The average molecular weight is 375 g/mol. The van der Waals surface area contributed by atoms with Crippen LogP contribution in [0.5, 0.6) is 0 Å². The van der Waals surface area contributed by atoms with Gasteiger partial charge in [0.25, 0.3) is 5.91 Å². The number of hydrogen-bond acceptors (Lipinski definition) is 3. The van der Waals surface area contributed by atoms with Crippen molar-refractivity contribution < 1.29 is 9.18 Å². The summed E-state index contributed by atoms with van der Waals surface area (Å²) in [6, 6.07) is 18.5. The Balaban J connectivity index is 1.50. The summed E-state index contributed by atoms with van der Waals surface area (Å²) in [6.07, 6.45) is 3.61. The number of amides is 1. The summed E-state index contributed by atoms with van der Waals surface area (Å²) in [4.78, 5) is 19.4. The van der Waals surface area contributed by atoms with E-state index >= 15 is 0 Å². The number of aromatic nitrogens is 1. The van der Waals surface area contributed by atoms with Crippen molar-refractivity contribution in [2.24, 2.45) is 0 Å². The normalized spacial score (nSPS) is 13.1. The molecular weight excluding hydrogens is 353 g/mol. The summed E-state index contributed by atoms with van der Waals surface area (Å²) in [5.41, 5.74) is 4.54. The van der Waals surface area contributed by atoms with Gasteiger partial charge >= 0.3 is 0 Å². The number of fused-ring (bicyclic) bond motifs is 1. The SMILES string of the molecule is O=C(NCc1cccc(F)c1)c1cnc2c(c1)N(Cc1ccccc1)CCC2. The molecule has 2 heterocycles. The first-order valence-corrected chi connectivity index (χ1v) is 9.49. The molecule has 28 heavy (non-hydrogen) atoms. The number of rotatable bonds is 5. The van der Waals surface area contributed by atoms with Crippen LogP contribution < -0.4 is 10.2 Å². The predicted octanol–water partition coefficient (Wildman–Crippen LogP) is 4.10. The second kappa shape index (κ2) is 8.21. The van der Waals surface area contributed by atoms with Gasteiger partial charge in [0.1, 0.15) is 5.82 Å². The molecule has 4 rings (SSSR count). The Labute approximate surface area is 164 Å². The fourth-order valence-corrected chi connectivity index (χ4v) is 3.53. The third-order valence-electron chi connectivity index (χ3n) is 4.95. The summed E-state index contributed by atoms with van der Waals surface area (Å²) in [5, 5.41) is 2.85. The monoisotopic (exact) mass is 375 g/mol. The van der Waals surface area contributed by atoms with Gasteiger partial charge in [-0.2, -0.15) is 0 Å². The van der Waals surface area contributed by atoms with E-state index in [1.54, 1.807) is 18.3 Å². The number of nitrogens with one attached hydrogen (secondary N) is 1. The molecule has 1 aromatic heterocycles. The van der Waals surface area contributed by atoms with E-state index in [-0.39, 0.29) is 18.3 Å². The van der Waals surface area contributed by atoms with E-state index in [1.807, 2.05) is 24.3 Å². The Kier molecular flexibility index (Phi) is 5.33. The average Bonchev–Trinajstić information content (AvgIpc) is 2.73. The highest BCUT2D eigenvalue weighted by atomic mass is 19.1. The highest BCUT2D eigenvalue weighted by molar-refractivity contribution is 5.95. The number of halogens is 1. The van der Waals surface area contributed by atoms with E-state index in [0.29, 0.717) is 5.56 Å². The lowest BCUT2D eigenvalue weighted by Crippen LogP contribution is -2.30. The van der Waals surface area contributed by atoms with Gasteiger partial charge in [-0.25, -0.2) is 4.39 Å². The molecule has 0 aliphatic carbocycles. The quantitative estimate of drug-likeness (QED) is 0.730. The van der Waals surface area contributed by atoms with Crippen LogP contribution in [0, 0.1) is 5.82 Å². The van der Waals surface area contributed by atoms with Gasteiger partial charge in [-0.1, -0.05) is 42.5 Å². The molecule has 1 N–H and O–H groups in total. The number of nitrogens with zero attached hydrogens (tertiary/aromatic N) is 2. The number of pyridine rings is 1. The highest BCUT2D eigenvalue weighted by Crippen LogP contribution is 2.28. The molecule has 2 aromatic carbocycles. The zero-order valence-corrected chi connectivity index (χ0v) is 15.6. The molecule has 1 aliphatic heterocycles. The Bertz CT molecular complexity index is 975. The van der Waals surface area contributed by atoms with Gasteiger partial charge in [0.05, 0.1) is 16.9 Å². The third-order valence-corrected chi connectivity index (χ3v) is 4.95. The third kappa shape index (κ3) is 4.19. The van der Waals surface area contributed by atoms with Crippen LogP contribution in [0.2, 0.25) is 0 Å². The standard InChI is InChI=1S/C23H22FN3O/c24-20-9-4-8-18(12-20)14-26-23(28)19-13-22-21(25-15-19)10-5-11-27(22)16-17-6-2-1-3-7-17/h1-4,6-9,12-13,15H,5,10-11,14,16H2,(H,26,28). The molecule has 1 amide bonds. The molecule has 0 bridgehead atoms. The predicted molar refractivity (Wildman–Crippen MR) is 108 cm³/mol. The first-order valence-electron chi connectivity index (χ1n) is 9.49. The molecule has 142 valence electrons. The topological polar surface area (TPSA) is 45.2 Å². The second-order valence-corrected chi connectivity index (χ2v) is 7.01. The molecule has 0 fully saturated rings. The van der Waals surface area contributed by atoms with Crippen molar-refractivity contribution in [3.63, 3.8) is 0 Å². The largest absolute Gasteiger partial charge is 0.366 e. The minimum Gasteiger partial charge on any atom is -0.366 e. The Morgan fingerprint density at radius 2 is 1.89 bits per heavy atom. The fourth-order valence-electron chi connectivity index (χ4n) is 3.53. The summed E-state index contributed by atoms with van der Waals surface area (Å²) in [7, 11) is 0. The lowest BCUT2D eigenvalue weighted by atomic mass is 10.0. The van der Waals surface area contributed by atoms with Gasteiger partial charge < -0.3 is 10.2 Å². The lowest BCUT2D eigenvalue weighted by molar-refractivity contribution is 0.0950. The first-order chi connectivity index (χ1) is 13.7. The van der Waals surface area contributed by atoms with Gasteiger partial charge in [-0.3, -0.25) is 9.78 Å². The molecule has 3 aromatic rings. The molecule has 0 saturated heterocycles. The van der Waals surface area contributed by atoms with Crippen LogP contribution in [0.1, 0.15) is 33.6 Å². The van der Waals surface area contributed by atoms with Crippen LogP contribution in [0.25, 0.3) is 0 Å². The van der Waals surface area contributed by atoms with E-state index in [9.17, 15) is 9.18 Å². The summed E-state index contributed by atoms with van der Waals surface area (Å²) in [6.45, 7) is 2.02. The van der Waals surface area contributed by atoms with E-state index in [1.165, 1.54) is 17.7 Å². The van der Waals surface area contributed by atoms with E-state index in [4.69, 9.17) is 0 Å². The molecule has 4 nitrogen and oxygen atoms in total. The minimum absolute atomic E-state index is 0.204. The van der Waals surface area contributed by atoms with Gasteiger partial charge in [-0.15, -0.1) is 0 Å². The van der Waals surface area contributed by atoms with Crippen molar-refractivity contribution in [3.05, 3.63) is 95.1 Å². The molecule has 0 spiro atoms. The van der Waals surface area contributed by atoms with Crippen LogP contribution >= 0.6 is 0 Å². The van der Waals surface area contributed by atoms with E-state index in [2.05, 4.69) is 27.3 Å². The maximum Gasteiger partial charge on any atom is 0.253 e. The Morgan fingerprint density at radius 1 is 1.07 bits per heavy atom. The lowest BCUT2D eigenvalue weighted by Gasteiger charge is -2.31. The molecule has 0 unspecified atom stereocenters. The highest BCUT2D eigenvalue weighted by Gasteiger charge is 2.20. The molecule has 0 radical (unpaired) electrons. The summed E-state index contributed by atoms with van der Waals surface area (Å²) >= 11 is 0. The number of carbonyl (C=O) groups excluding carboxylic acids is 1. The minimum atomic E-state index is -0.307. The number of aryl methyl sites for hydroxylation is 1.